The van der Waals surface area contributed by atoms with Crippen LogP contribution in [0.3, 0.4) is 0 Å². The lowest BCUT2D eigenvalue weighted by Crippen LogP contribution is -2.36. The molecule has 1 aliphatic heterocycles. The topological polar surface area (TPSA) is 88.9 Å². The molecule has 120 valence electrons. The molecular formula is C16H19N5O2. The van der Waals surface area contributed by atoms with Crippen LogP contribution in [0.5, 0.6) is 0 Å². The van der Waals surface area contributed by atoms with Crippen LogP contribution in [0.25, 0.3) is 0 Å². The van der Waals surface area contributed by atoms with Gasteiger partial charge in [-0.15, -0.1) is 0 Å². The summed E-state index contributed by atoms with van der Waals surface area (Å²) in [6.45, 7) is 5.95. The Balaban J connectivity index is 1.79. The lowest BCUT2D eigenvalue weighted by atomic mass is 10.0. The van der Waals surface area contributed by atoms with E-state index in [2.05, 4.69) is 34.6 Å². The third kappa shape index (κ3) is 3.08. The van der Waals surface area contributed by atoms with E-state index in [4.69, 9.17) is 0 Å². The van der Waals surface area contributed by atoms with Crippen LogP contribution in [0.1, 0.15) is 43.6 Å². The standard InChI is InChI=1S/C16H19N5O2/c1-9(2)11-4-6-12(7-5-11)18-15(23)13-8-14(22)19-16-17-10(3)20-21(13)16/h4-7,9,13H,8H2,1-3H3,(H,18,23)(H,17,19,20,22). The molecule has 0 saturated carbocycles. The third-order valence-corrected chi connectivity index (χ3v) is 3.81. The number of amides is 2. The molecule has 0 aliphatic carbocycles. The van der Waals surface area contributed by atoms with Gasteiger partial charge in [-0.1, -0.05) is 26.0 Å². The predicted octanol–water partition coefficient (Wildman–Crippen LogP) is 2.23. The van der Waals surface area contributed by atoms with Gasteiger partial charge in [-0.2, -0.15) is 10.1 Å². The van der Waals surface area contributed by atoms with E-state index in [0.29, 0.717) is 23.4 Å². The maximum atomic E-state index is 12.5. The Bertz CT molecular complexity index is 748. The molecule has 1 aromatic heterocycles. The monoisotopic (exact) mass is 313 g/mol. The van der Waals surface area contributed by atoms with Crippen molar-refractivity contribution in [2.24, 2.45) is 0 Å². The van der Waals surface area contributed by atoms with Gasteiger partial charge in [-0.25, -0.2) is 4.68 Å². The molecule has 23 heavy (non-hydrogen) atoms. The minimum absolute atomic E-state index is 0.0473. The molecule has 2 heterocycles. The number of carbonyl (C=O) groups excluding carboxylic acids is 2. The molecule has 0 radical (unpaired) electrons. The van der Waals surface area contributed by atoms with E-state index in [1.807, 2.05) is 24.3 Å². The van der Waals surface area contributed by atoms with Crippen LogP contribution in [0, 0.1) is 6.92 Å². The van der Waals surface area contributed by atoms with Gasteiger partial charge in [0.05, 0.1) is 6.42 Å². The Morgan fingerprint density at radius 2 is 2.04 bits per heavy atom. The van der Waals surface area contributed by atoms with Crippen LogP contribution in [0.15, 0.2) is 24.3 Å². The molecule has 1 unspecified atom stereocenters. The zero-order valence-electron chi connectivity index (χ0n) is 13.3. The van der Waals surface area contributed by atoms with E-state index >= 15 is 0 Å². The van der Waals surface area contributed by atoms with E-state index in [9.17, 15) is 9.59 Å². The van der Waals surface area contributed by atoms with Gasteiger partial charge in [0.1, 0.15) is 11.9 Å². The fraction of sp³-hybridized carbons (Fsp3) is 0.375. The zero-order chi connectivity index (χ0) is 16.6. The first-order valence-corrected chi connectivity index (χ1v) is 7.58. The Hall–Kier alpha value is -2.70. The van der Waals surface area contributed by atoms with Gasteiger partial charge in [-0.3, -0.25) is 14.9 Å². The predicted molar refractivity (Wildman–Crippen MR) is 86.2 cm³/mol. The molecule has 0 saturated heterocycles. The second-order valence-electron chi connectivity index (χ2n) is 5.96. The van der Waals surface area contributed by atoms with Crippen molar-refractivity contribution < 1.29 is 9.59 Å². The molecule has 3 rings (SSSR count). The summed E-state index contributed by atoms with van der Waals surface area (Å²) in [5.74, 6) is 0.751. The largest absolute Gasteiger partial charge is 0.324 e. The van der Waals surface area contributed by atoms with Crippen LogP contribution >= 0.6 is 0 Å². The quantitative estimate of drug-likeness (QED) is 0.909. The van der Waals surface area contributed by atoms with Crippen LogP contribution in [-0.4, -0.2) is 26.6 Å². The van der Waals surface area contributed by atoms with Crippen molar-refractivity contribution in [3.8, 4) is 0 Å². The van der Waals surface area contributed by atoms with Crippen molar-refractivity contribution in [2.45, 2.75) is 39.2 Å². The second-order valence-corrected chi connectivity index (χ2v) is 5.96. The molecule has 7 heteroatoms. The summed E-state index contributed by atoms with van der Waals surface area (Å²) in [7, 11) is 0. The Kier molecular flexibility index (Phi) is 3.85. The van der Waals surface area contributed by atoms with Crippen molar-refractivity contribution in [1.82, 2.24) is 14.8 Å². The van der Waals surface area contributed by atoms with E-state index in [1.165, 1.54) is 10.2 Å². The minimum Gasteiger partial charge on any atom is -0.324 e. The van der Waals surface area contributed by atoms with Crippen molar-refractivity contribution in [3.05, 3.63) is 35.7 Å². The number of aryl methyl sites for hydroxylation is 1. The van der Waals surface area contributed by atoms with E-state index in [1.54, 1.807) is 6.92 Å². The second kappa shape index (κ2) is 5.83. The van der Waals surface area contributed by atoms with Crippen LogP contribution in [0.4, 0.5) is 11.6 Å². The summed E-state index contributed by atoms with van der Waals surface area (Å²) >= 11 is 0. The normalized spacial score (nSPS) is 16.9. The van der Waals surface area contributed by atoms with Crippen molar-refractivity contribution in [3.63, 3.8) is 0 Å². The van der Waals surface area contributed by atoms with E-state index in [0.717, 1.165) is 0 Å². The summed E-state index contributed by atoms with van der Waals surface area (Å²) in [5, 5.41) is 9.66. The maximum Gasteiger partial charge on any atom is 0.249 e. The molecule has 0 fully saturated rings. The summed E-state index contributed by atoms with van der Waals surface area (Å²) in [6.07, 6.45) is 0.0473. The third-order valence-electron chi connectivity index (χ3n) is 3.81. The average molecular weight is 313 g/mol. The number of hydrogen-bond donors (Lipinski definition) is 2. The Labute approximate surface area is 134 Å². The highest BCUT2D eigenvalue weighted by atomic mass is 16.2. The number of nitrogens with one attached hydrogen (secondary N) is 2. The average Bonchev–Trinajstić information content (AvgIpc) is 2.86. The number of nitrogens with zero attached hydrogens (tertiary/aromatic N) is 3. The molecule has 0 bridgehead atoms. The highest BCUT2D eigenvalue weighted by Crippen LogP contribution is 2.24. The fourth-order valence-electron chi connectivity index (χ4n) is 2.55. The summed E-state index contributed by atoms with van der Waals surface area (Å²) in [6, 6.07) is 7.01. The molecule has 1 aliphatic rings. The summed E-state index contributed by atoms with van der Waals surface area (Å²) in [4.78, 5) is 28.4. The molecule has 2 N–H and O–H groups in total. The number of hydrogen-bond acceptors (Lipinski definition) is 4. The highest BCUT2D eigenvalue weighted by Gasteiger charge is 2.32. The SMILES string of the molecule is Cc1nc2n(n1)C(C(=O)Nc1ccc(C(C)C)cc1)CC(=O)N2. The van der Waals surface area contributed by atoms with Gasteiger partial charge in [0.25, 0.3) is 0 Å². The zero-order valence-corrected chi connectivity index (χ0v) is 13.3. The molecule has 2 aromatic rings. The van der Waals surface area contributed by atoms with Gasteiger partial charge >= 0.3 is 0 Å². The van der Waals surface area contributed by atoms with Gasteiger partial charge in [0.15, 0.2) is 0 Å². The van der Waals surface area contributed by atoms with E-state index in [-0.39, 0.29) is 18.2 Å². The fourth-order valence-corrected chi connectivity index (χ4v) is 2.55. The molecule has 0 spiro atoms. The highest BCUT2D eigenvalue weighted by molar-refractivity contribution is 6.00. The number of anilines is 2. The van der Waals surface area contributed by atoms with Crippen LogP contribution in [-0.2, 0) is 9.59 Å². The molecule has 1 atom stereocenters. The summed E-state index contributed by atoms with van der Waals surface area (Å²) < 4.78 is 1.47. The molecule has 2 amide bonds. The van der Waals surface area contributed by atoms with Gasteiger partial charge in [-0.05, 0) is 30.5 Å². The number of fused-ring (bicyclic) bond motifs is 1. The van der Waals surface area contributed by atoms with Gasteiger partial charge < -0.3 is 5.32 Å². The van der Waals surface area contributed by atoms with Crippen LogP contribution in [0.2, 0.25) is 0 Å². The number of carbonyl (C=O) groups is 2. The first-order chi connectivity index (χ1) is 10.9. The Morgan fingerprint density at radius 1 is 1.35 bits per heavy atom. The number of aromatic nitrogens is 3. The van der Waals surface area contributed by atoms with Gasteiger partial charge in [0.2, 0.25) is 17.8 Å². The van der Waals surface area contributed by atoms with Gasteiger partial charge in [0, 0.05) is 5.69 Å². The summed E-state index contributed by atoms with van der Waals surface area (Å²) in [5.41, 5.74) is 1.90. The lowest BCUT2D eigenvalue weighted by molar-refractivity contribution is -0.125. The van der Waals surface area contributed by atoms with Crippen LogP contribution < -0.4 is 10.6 Å². The first kappa shape index (κ1) is 15.2. The maximum absolute atomic E-state index is 12.5. The molecule has 7 nitrogen and oxygen atoms in total. The Morgan fingerprint density at radius 3 is 2.70 bits per heavy atom. The number of benzene rings is 1. The van der Waals surface area contributed by atoms with Crippen molar-refractivity contribution in [1.29, 1.82) is 0 Å². The lowest BCUT2D eigenvalue weighted by Gasteiger charge is -2.22. The van der Waals surface area contributed by atoms with E-state index < -0.39 is 6.04 Å². The minimum atomic E-state index is -0.690. The van der Waals surface area contributed by atoms with Crippen molar-refractivity contribution in [2.75, 3.05) is 10.6 Å². The van der Waals surface area contributed by atoms with Crippen molar-refractivity contribution >= 4 is 23.5 Å². The molecular weight excluding hydrogens is 294 g/mol. The smallest absolute Gasteiger partial charge is 0.249 e. The molecule has 1 aromatic carbocycles. The number of rotatable bonds is 3. The first-order valence-electron chi connectivity index (χ1n) is 7.58.